The van der Waals surface area contributed by atoms with Crippen LogP contribution in [-0.2, 0) is 0 Å². The van der Waals surface area contributed by atoms with Crippen molar-refractivity contribution in [1.29, 1.82) is 0 Å². The number of nitrogens with one attached hydrogen (secondary N) is 1. The molecular weight excluding hydrogens is 278 g/mol. The maximum absolute atomic E-state index is 12.1. The highest BCUT2D eigenvalue weighted by atomic mass is 32.1. The Morgan fingerprint density at radius 3 is 2.70 bits per heavy atom. The standard InChI is InChI=1S/C13H17N3O3S/c1-6-3-7(2)15-13-9(6)10(14)11(20-13)12(19)16-8(4-17)5-18/h3,8,17-18H,4-5,14H2,1-2H3,(H,16,19). The minimum Gasteiger partial charge on any atom is -0.397 e. The summed E-state index contributed by atoms with van der Waals surface area (Å²) in [5.74, 6) is -0.407. The fourth-order valence-electron chi connectivity index (χ4n) is 2.04. The van der Waals surface area contributed by atoms with Crippen molar-refractivity contribution in [1.82, 2.24) is 10.3 Å². The van der Waals surface area contributed by atoms with Crippen LogP contribution < -0.4 is 11.1 Å². The van der Waals surface area contributed by atoms with Crippen LogP contribution in [-0.4, -0.2) is 40.4 Å². The molecule has 0 saturated heterocycles. The van der Waals surface area contributed by atoms with E-state index in [0.717, 1.165) is 21.5 Å². The second kappa shape index (κ2) is 5.74. The zero-order valence-corrected chi connectivity index (χ0v) is 12.1. The van der Waals surface area contributed by atoms with E-state index in [4.69, 9.17) is 15.9 Å². The van der Waals surface area contributed by atoms with Crippen molar-refractivity contribution in [2.75, 3.05) is 18.9 Å². The first kappa shape index (κ1) is 14.7. The normalized spacial score (nSPS) is 11.2. The summed E-state index contributed by atoms with van der Waals surface area (Å²) in [5, 5.41) is 21.3. The number of aliphatic hydroxyl groups excluding tert-OH is 2. The average molecular weight is 295 g/mol. The third kappa shape index (κ3) is 2.60. The number of pyridine rings is 1. The molecule has 0 aliphatic heterocycles. The number of carbonyl (C=O) groups excluding carboxylic acids is 1. The summed E-state index contributed by atoms with van der Waals surface area (Å²) in [7, 11) is 0. The van der Waals surface area contributed by atoms with Gasteiger partial charge in [-0.15, -0.1) is 11.3 Å². The Labute approximate surface area is 120 Å². The Balaban J connectivity index is 2.43. The monoisotopic (exact) mass is 295 g/mol. The number of nitrogens with zero attached hydrogens (tertiary/aromatic N) is 1. The lowest BCUT2D eigenvalue weighted by molar-refractivity contribution is 0.0884. The molecule has 6 nitrogen and oxygen atoms in total. The number of amides is 1. The maximum atomic E-state index is 12.1. The number of nitrogen functional groups attached to an aromatic ring is 1. The first-order chi connectivity index (χ1) is 9.47. The Morgan fingerprint density at radius 2 is 2.10 bits per heavy atom. The predicted octanol–water partition coefficient (Wildman–Crippen LogP) is 0.578. The van der Waals surface area contributed by atoms with Crippen LogP contribution in [0.1, 0.15) is 20.9 Å². The minimum absolute atomic E-state index is 0.330. The topological polar surface area (TPSA) is 108 Å². The van der Waals surface area contributed by atoms with Crippen molar-refractivity contribution >= 4 is 33.1 Å². The van der Waals surface area contributed by atoms with Gasteiger partial charge in [0.1, 0.15) is 9.71 Å². The second-order valence-corrected chi connectivity index (χ2v) is 5.64. The molecule has 0 atom stereocenters. The van der Waals surface area contributed by atoms with Crippen LogP contribution >= 0.6 is 11.3 Å². The van der Waals surface area contributed by atoms with Gasteiger partial charge in [-0.25, -0.2) is 4.98 Å². The second-order valence-electron chi connectivity index (χ2n) is 4.64. The molecule has 0 unspecified atom stereocenters. The number of fused-ring (bicyclic) bond motifs is 1. The van der Waals surface area contributed by atoms with E-state index < -0.39 is 11.9 Å². The molecule has 0 fully saturated rings. The first-order valence-corrected chi connectivity index (χ1v) is 6.98. The van der Waals surface area contributed by atoms with E-state index in [1.165, 1.54) is 11.3 Å². The van der Waals surface area contributed by atoms with Gasteiger partial charge >= 0.3 is 0 Å². The van der Waals surface area contributed by atoms with Gasteiger partial charge in [-0.1, -0.05) is 0 Å². The number of aromatic nitrogens is 1. The molecule has 2 heterocycles. The quantitative estimate of drug-likeness (QED) is 0.660. The number of aryl methyl sites for hydroxylation is 2. The molecule has 108 valence electrons. The third-order valence-electron chi connectivity index (χ3n) is 3.01. The fourth-order valence-corrected chi connectivity index (χ4v) is 3.16. The Hall–Kier alpha value is -1.70. The van der Waals surface area contributed by atoms with E-state index >= 15 is 0 Å². The Morgan fingerprint density at radius 1 is 1.45 bits per heavy atom. The number of aliphatic hydroxyl groups is 2. The van der Waals surface area contributed by atoms with Gasteiger partial charge in [-0.3, -0.25) is 4.79 Å². The van der Waals surface area contributed by atoms with E-state index in [1.54, 1.807) is 0 Å². The zero-order chi connectivity index (χ0) is 14.9. The molecular formula is C13H17N3O3S. The number of hydrogen-bond donors (Lipinski definition) is 4. The molecule has 0 saturated carbocycles. The van der Waals surface area contributed by atoms with E-state index in [-0.39, 0.29) is 13.2 Å². The van der Waals surface area contributed by atoms with Gasteiger partial charge < -0.3 is 21.3 Å². The van der Waals surface area contributed by atoms with Gasteiger partial charge in [0.2, 0.25) is 0 Å². The minimum atomic E-state index is -0.692. The fraction of sp³-hybridized carbons (Fsp3) is 0.385. The van der Waals surface area contributed by atoms with E-state index in [2.05, 4.69) is 10.3 Å². The van der Waals surface area contributed by atoms with Gasteiger partial charge in [0.25, 0.3) is 5.91 Å². The predicted molar refractivity (Wildman–Crippen MR) is 78.9 cm³/mol. The molecule has 0 aliphatic carbocycles. The van der Waals surface area contributed by atoms with Crippen LogP contribution in [0.15, 0.2) is 6.07 Å². The number of thiophene rings is 1. The Bertz CT molecular complexity index is 650. The summed E-state index contributed by atoms with van der Waals surface area (Å²) in [6.07, 6.45) is 0. The molecule has 0 bridgehead atoms. The zero-order valence-electron chi connectivity index (χ0n) is 11.3. The molecule has 0 aliphatic rings. The number of hydrogen-bond acceptors (Lipinski definition) is 6. The van der Waals surface area contributed by atoms with Crippen molar-refractivity contribution in [3.63, 3.8) is 0 Å². The summed E-state index contributed by atoms with van der Waals surface area (Å²) < 4.78 is 0. The van der Waals surface area contributed by atoms with Crippen LogP contribution in [0.3, 0.4) is 0 Å². The highest BCUT2D eigenvalue weighted by Gasteiger charge is 2.20. The van der Waals surface area contributed by atoms with Gasteiger partial charge in [0, 0.05) is 11.1 Å². The highest BCUT2D eigenvalue weighted by molar-refractivity contribution is 7.21. The van der Waals surface area contributed by atoms with Crippen molar-refractivity contribution in [3.05, 3.63) is 22.2 Å². The summed E-state index contributed by atoms with van der Waals surface area (Å²) in [6, 6.07) is 1.22. The van der Waals surface area contributed by atoms with Gasteiger partial charge in [0.05, 0.1) is 24.9 Å². The van der Waals surface area contributed by atoms with Gasteiger partial charge in [-0.05, 0) is 25.5 Å². The van der Waals surface area contributed by atoms with Crippen LogP contribution in [0.2, 0.25) is 0 Å². The number of rotatable bonds is 4. The lowest BCUT2D eigenvalue weighted by Gasteiger charge is -2.12. The van der Waals surface area contributed by atoms with Crippen molar-refractivity contribution in [2.24, 2.45) is 0 Å². The smallest absolute Gasteiger partial charge is 0.263 e. The SMILES string of the molecule is Cc1cc(C)c2c(N)c(C(=O)NC(CO)CO)sc2n1. The first-order valence-electron chi connectivity index (χ1n) is 6.16. The number of nitrogens with two attached hydrogens (primary N) is 1. The van der Waals surface area contributed by atoms with E-state index in [1.807, 2.05) is 19.9 Å². The van der Waals surface area contributed by atoms with E-state index in [9.17, 15) is 4.79 Å². The summed E-state index contributed by atoms with van der Waals surface area (Å²) in [4.78, 5) is 17.6. The molecule has 0 radical (unpaired) electrons. The molecule has 5 N–H and O–H groups in total. The molecule has 1 amide bonds. The molecule has 0 spiro atoms. The highest BCUT2D eigenvalue weighted by Crippen LogP contribution is 2.34. The maximum Gasteiger partial charge on any atom is 0.263 e. The summed E-state index contributed by atoms with van der Waals surface area (Å²) >= 11 is 1.21. The van der Waals surface area contributed by atoms with Crippen molar-refractivity contribution in [2.45, 2.75) is 19.9 Å². The Kier molecular flexibility index (Phi) is 4.22. The van der Waals surface area contributed by atoms with Gasteiger partial charge in [-0.2, -0.15) is 0 Å². The molecule has 20 heavy (non-hydrogen) atoms. The lowest BCUT2D eigenvalue weighted by Crippen LogP contribution is -2.39. The summed E-state index contributed by atoms with van der Waals surface area (Å²) in [6.45, 7) is 3.15. The third-order valence-corrected chi connectivity index (χ3v) is 4.10. The van der Waals surface area contributed by atoms with Crippen LogP contribution in [0.5, 0.6) is 0 Å². The van der Waals surface area contributed by atoms with E-state index in [0.29, 0.717) is 10.6 Å². The molecule has 7 heteroatoms. The van der Waals surface area contributed by atoms with Crippen molar-refractivity contribution in [3.8, 4) is 0 Å². The summed E-state index contributed by atoms with van der Waals surface area (Å²) in [5.41, 5.74) is 8.27. The van der Waals surface area contributed by atoms with Crippen molar-refractivity contribution < 1.29 is 15.0 Å². The van der Waals surface area contributed by atoms with Crippen LogP contribution in [0.4, 0.5) is 5.69 Å². The van der Waals surface area contributed by atoms with Crippen LogP contribution in [0.25, 0.3) is 10.2 Å². The molecule has 2 aromatic heterocycles. The molecule has 2 rings (SSSR count). The molecule has 0 aromatic carbocycles. The average Bonchev–Trinajstić information content (AvgIpc) is 2.73. The van der Waals surface area contributed by atoms with Gasteiger partial charge in [0.15, 0.2) is 0 Å². The molecule has 2 aromatic rings. The largest absolute Gasteiger partial charge is 0.397 e. The lowest BCUT2D eigenvalue weighted by atomic mass is 10.1. The number of carbonyl (C=O) groups is 1. The number of anilines is 1. The van der Waals surface area contributed by atoms with Crippen LogP contribution in [0, 0.1) is 13.8 Å².